The van der Waals surface area contributed by atoms with Crippen LogP contribution in [-0.4, -0.2) is 41.1 Å². The third-order valence-corrected chi connectivity index (χ3v) is 3.48. The van der Waals surface area contributed by atoms with Crippen LogP contribution in [0.2, 0.25) is 0 Å². The number of nitrogens with zero attached hydrogens (tertiary/aromatic N) is 5. The van der Waals surface area contributed by atoms with Gasteiger partial charge in [0.05, 0.1) is 6.20 Å². The van der Waals surface area contributed by atoms with Gasteiger partial charge in [0.15, 0.2) is 0 Å². The lowest BCUT2D eigenvalue weighted by Gasteiger charge is -2.37. The zero-order valence-corrected chi connectivity index (χ0v) is 11.0. The van der Waals surface area contributed by atoms with E-state index in [1.54, 1.807) is 12.4 Å². The Morgan fingerprint density at radius 3 is 2.32 bits per heavy atom. The van der Waals surface area contributed by atoms with Crippen LogP contribution >= 0.6 is 0 Å². The summed E-state index contributed by atoms with van der Waals surface area (Å²) >= 11 is 0. The Kier molecular flexibility index (Phi) is 3.27. The van der Waals surface area contributed by atoms with Crippen LogP contribution in [-0.2, 0) is 0 Å². The monoisotopic (exact) mass is 255 g/mol. The topological polar surface area (TPSA) is 45.2 Å². The Hall–Kier alpha value is -2.17. The van der Waals surface area contributed by atoms with Crippen LogP contribution in [0.25, 0.3) is 0 Å². The molecule has 0 aliphatic carbocycles. The molecule has 1 fully saturated rings. The molecule has 2 aromatic rings. The van der Waals surface area contributed by atoms with E-state index < -0.39 is 0 Å². The lowest BCUT2D eigenvalue weighted by molar-refractivity contribution is 0.645. The van der Waals surface area contributed by atoms with Crippen molar-refractivity contribution in [2.24, 2.45) is 0 Å². The van der Waals surface area contributed by atoms with Gasteiger partial charge in [-0.2, -0.15) is 0 Å². The highest BCUT2D eigenvalue weighted by Crippen LogP contribution is 2.21. The van der Waals surface area contributed by atoms with Crippen LogP contribution < -0.4 is 9.80 Å². The highest BCUT2D eigenvalue weighted by Gasteiger charge is 2.19. The summed E-state index contributed by atoms with van der Waals surface area (Å²) < 4.78 is 0. The van der Waals surface area contributed by atoms with E-state index in [2.05, 4.69) is 37.7 Å². The predicted molar refractivity (Wildman–Crippen MR) is 75.4 cm³/mol. The molecule has 19 heavy (non-hydrogen) atoms. The Morgan fingerprint density at radius 1 is 0.895 bits per heavy atom. The van der Waals surface area contributed by atoms with Crippen LogP contribution in [0.5, 0.6) is 0 Å². The number of piperazine rings is 1. The van der Waals surface area contributed by atoms with Gasteiger partial charge in [-0.1, -0.05) is 0 Å². The minimum absolute atomic E-state index is 0.966. The zero-order valence-electron chi connectivity index (χ0n) is 11.0. The lowest BCUT2D eigenvalue weighted by Crippen LogP contribution is -2.47. The molecular formula is C14H17N5. The molecule has 1 saturated heterocycles. The summed E-state index contributed by atoms with van der Waals surface area (Å²) in [4.78, 5) is 17.3. The number of aromatic nitrogens is 3. The highest BCUT2D eigenvalue weighted by molar-refractivity contribution is 5.53. The van der Waals surface area contributed by atoms with Gasteiger partial charge in [-0.15, -0.1) is 0 Å². The molecule has 3 heterocycles. The fourth-order valence-corrected chi connectivity index (χ4v) is 2.45. The van der Waals surface area contributed by atoms with Crippen LogP contribution in [0.1, 0.15) is 5.56 Å². The van der Waals surface area contributed by atoms with Crippen molar-refractivity contribution in [3.8, 4) is 0 Å². The van der Waals surface area contributed by atoms with Crippen LogP contribution in [0.4, 0.5) is 11.5 Å². The molecule has 0 spiro atoms. The van der Waals surface area contributed by atoms with Gasteiger partial charge < -0.3 is 9.80 Å². The van der Waals surface area contributed by atoms with Gasteiger partial charge in [0.25, 0.3) is 0 Å². The Morgan fingerprint density at radius 2 is 1.63 bits per heavy atom. The third-order valence-electron chi connectivity index (χ3n) is 3.48. The average Bonchev–Trinajstić information content (AvgIpc) is 2.49. The summed E-state index contributed by atoms with van der Waals surface area (Å²) in [7, 11) is 0. The van der Waals surface area contributed by atoms with E-state index in [9.17, 15) is 0 Å². The fourth-order valence-electron chi connectivity index (χ4n) is 2.45. The number of hydrogen-bond donors (Lipinski definition) is 0. The normalized spacial score (nSPS) is 15.6. The molecule has 5 heteroatoms. The van der Waals surface area contributed by atoms with Crippen molar-refractivity contribution in [3.63, 3.8) is 0 Å². The third kappa shape index (κ3) is 2.50. The van der Waals surface area contributed by atoms with E-state index in [4.69, 9.17) is 0 Å². The first-order valence-electron chi connectivity index (χ1n) is 6.51. The van der Waals surface area contributed by atoms with Crippen molar-refractivity contribution in [1.29, 1.82) is 0 Å². The molecule has 5 nitrogen and oxygen atoms in total. The first-order valence-corrected chi connectivity index (χ1v) is 6.51. The molecule has 1 aliphatic rings. The predicted octanol–water partition coefficient (Wildman–Crippen LogP) is 1.51. The highest BCUT2D eigenvalue weighted by atomic mass is 15.3. The molecule has 0 saturated carbocycles. The van der Waals surface area contributed by atoms with Crippen molar-refractivity contribution in [1.82, 2.24) is 15.0 Å². The molecule has 0 bridgehead atoms. The Labute approximate surface area is 112 Å². The molecule has 0 amide bonds. The van der Waals surface area contributed by atoms with Gasteiger partial charge in [0, 0.05) is 56.7 Å². The van der Waals surface area contributed by atoms with Gasteiger partial charge in [0.2, 0.25) is 0 Å². The number of rotatable bonds is 2. The molecule has 0 atom stereocenters. The molecule has 0 radical (unpaired) electrons. The second kappa shape index (κ2) is 5.22. The summed E-state index contributed by atoms with van der Waals surface area (Å²) in [5.41, 5.74) is 2.52. The van der Waals surface area contributed by atoms with Crippen molar-refractivity contribution in [2.45, 2.75) is 6.92 Å². The SMILES string of the molecule is Cc1cnccc1N1CCN(c2cnccn2)CC1. The molecule has 3 rings (SSSR count). The standard InChI is InChI=1S/C14H17N5/c1-12-10-15-3-2-13(12)18-6-8-19(9-7-18)14-11-16-4-5-17-14/h2-5,10-11H,6-9H2,1H3. The van der Waals surface area contributed by atoms with Crippen molar-refractivity contribution in [2.75, 3.05) is 36.0 Å². The van der Waals surface area contributed by atoms with Gasteiger partial charge in [-0.3, -0.25) is 9.97 Å². The van der Waals surface area contributed by atoms with Crippen molar-refractivity contribution in [3.05, 3.63) is 42.6 Å². The van der Waals surface area contributed by atoms with Crippen LogP contribution in [0.3, 0.4) is 0 Å². The molecule has 0 N–H and O–H groups in total. The summed E-state index contributed by atoms with van der Waals surface area (Å²) in [5, 5.41) is 0. The van der Waals surface area contributed by atoms with Crippen LogP contribution in [0.15, 0.2) is 37.1 Å². The summed E-state index contributed by atoms with van der Waals surface area (Å²) in [6, 6.07) is 2.09. The number of hydrogen-bond acceptors (Lipinski definition) is 5. The lowest BCUT2D eigenvalue weighted by atomic mass is 10.2. The summed E-state index contributed by atoms with van der Waals surface area (Å²) in [5.74, 6) is 0.966. The van der Waals surface area contributed by atoms with Gasteiger partial charge in [-0.05, 0) is 18.6 Å². The Balaban J connectivity index is 1.69. The maximum atomic E-state index is 4.35. The van der Waals surface area contributed by atoms with E-state index in [0.29, 0.717) is 0 Å². The first kappa shape index (κ1) is 11.9. The van der Waals surface area contributed by atoms with E-state index in [1.807, 2.05) is 18.6 Å². The maximum absolute atomic E-state index is 4.35. The van der Waals surface area contributed by atoms with Crippen molar-refractivity contribution >= 4 is 11.5 Å². The van der Waals surface area contributed by atoms with Gasteiger partial charge in [-0.25, -0.2) is 4.98 Å². The van der Waals surface area contributed by atoms with Gasteiger partial charge in [0.1, 0.15) is 5.82 Å². The van der Waals surface area contributed by atoms with E-state index in [-0.39, 0.29) is 0 Å². The largest absolute Gasteiger partial charge is 0.368 e. The fraction of sp³-hybridized carbons (Fsp3) is 0.357. The quantitative estimate of drug-likeness (QED) is 0.814. The van der Waals surface area contributed by atoms with E-state index in [0.717, 1.165) is 32.0 Å². The smallest absolute Gasteiger partial charge is 0.147 e. The Bertz CT molecular complexity index is 535. The van der Waals surface area contributed by atoms with E-state index >= 15 is 0 Å². The average molecular weight is 255 g/mol. The van der Waals surface area contributed by atoms with E-state index in [1.165, 1.54) is 11.3 Å². The minimum Gasteiger partial charge on any atom is -0.368 e. The first-order chi connectivity index (χ1) is 9.34. The summed E-state index contributed by atoms with van der Waals surface area (Å²) in [6.07, 6.45) is 9.06. The summed E-state index contributed by atoms with van der Waals surface area (Å²) in [6.45, 7) is 6.06. The molecular weight excluding hydrogens is 238 g/mol. The number of pyridine rings is 1. The molecule has 0 aromatic carbocycles. The minimum atomic E-state index is 0.966. The number of aryl methyl sites for hydroxylation is 1. The molecule has 1 aliphatic heterocycles. The second-order valence-electron chi connectivity index (χ2n) is 4.70. The van der Waals surface area contributed by atoms with Crippen LogP contribution in [0, 0.1) is 6.92 Å². The molecule has 0 unspecified atom stereocenters. The zero-order chi connectivity index (χ0) is 13.1. The van der Waals surface area contributed by atoms with Gasteiger partial charge >= 0.3 is 0 Å². The molecule has 2 aromatic heterocycles. The second-order valence-corrected chi connectivity index (χ2v) is 4.70. The molecule has 98 valence electrons. The number of anilines is 2. The van der Waals surface area contributed by atoms with Crippen molar-refractivity contribution < 1.29 is 0 Å². The maximum Gasteiger partial charge on any atom is 0.147 e.